The van der Waals surface area contributed by atoms with Gasteiger partial charge in [0.05, 0.1) is 19.1 Å². The zero-order chi connectivity index (χ0) is 12.3. The lowest BCUT2D eigenvalue weighted by Gasteiger charge is -2.34. The van der Waals surface area contributed by atoms with Gasteiger partial charge in [-0.3, -0.25) is 9.78 Å². The molecule has 0 bridgehead atoms. The van der Waals surface area contributed by atoms with E-state index in [1.165, 1.54) is 0 Å². The van der Waals surface area contributed by atoms with Gasteiger partial charge in [0, 0.05) is 30.7 Å². The van der Waals surface area contributed by atoms with E-state index < -0.39 is 5.97 Å². The van der Waals surface area contributed by atoms with E-state index in [0.717, 1.165) is 17.9 Å². The Labute approximate surface area is 100 Å². The summed E-state index contributed by atoms with van der Waals surface area (Å²) in [7, 11) is 0. The highest BCUT2D eigenvalue weighted by Crippen LogP contribution is 2.18. The number of rotatable bonds is 3. The molecule has 0 saturated carbocycles. The standard InChI is InChI=1S/C12H16N2O3/c1-9-6-10(2-3-13-9)14-4-5-17-11(8-14)7-12(15)16/h2-3,6,11H,4-5,7-8H2,1H3,(H,15,16). The zero-order valence-corrected chi connectivity index (χ0v) is 9.80. The molecule has 1 aromatic rings. The maximum atomic E-state index is 10.7. The second kappa shape index (κ2) is 5.14. The Bertz CT molecular complexity index is 408. The van der Waals surface area contributed by atoms with Gasteiger partial charge in [0.25, 0.3) is 0 Å². The number of carboxylic acid groups (broad SMARTS) is 1. The van der Waals surface area contributed by atoms with E-state index in [9.17, 15) is 4.79 Å². The molecule has 1 atom stereocenters. The number of nitrogens with zero attached hydrogens (tertiary/aromatic N) is 2. The van der Waals surface area contributed by atoms with Crippen molar-refractivity contribution in [2.75, 3.05) is 24.6 Å². The summed E-state index contributed by atoms with van der Waals surface area (Å²) in [6, 6.07) is 3.94. The summed E-state index contributed by atoms with van der Waals surface area (Å²) < 4.78 is 5.43. The van der Waals surface area contributed by atoms with Gasteiger partial charge in [0.2, 0.25) is 0 Å². The average Bonchev–Trinajstić information content (AvgIpc) is 2.28. The van der Waals surface area contributed by atoms with Crippen LogP contribution in [0.15, 0.2) is 18.3 Å². The molecule has 0 aliphatic carbocycles. The van der Waals surface area contributed by atoms with E-state index in [0.29, 0.717) is 13.2 Å². The molecule has 92 valence electrons. The van der Waals surface area contributed by atoms with Crippen LogP contribution in [0.4, 0.5) is 5.69 Å². The lowest BCUT2D eigenvalue weighted by Crippen LogP contribution is -2.43. The number of anilines is 1. The van der Waals surface area contributed by atoms with E-state index >= 15 is 0 Å². The number of aryl methyl sites for hydroxylation is 1. The highest BCUT2D eigenvalue weighted by Gasteiger charge is 2.22. The molecular weight excluding hydrogens is 220 g/mol. The summed E-state index contributed by atoms with van der Waals surface area (Å²) in [4.78, 5) is 17.0. The summed E-state index contributed by atoms with van der Waals surface area (Å²) >= 11 is 0. The molecule has 2 heterocycles. The van der Waals surface area contributed by atoms with Crippen molar-refractivity contribution in [3.8, 4) is 0 Å². The minimum atomic E-state index is -0.817. The van der Waals surface area contributed by atoms with Gasteiger partial charge in [-0.2, -0.15) is 0 Å². The fourth-order valence-corrected chi connectivity index (χ4v) is 2.00. The van der Waals surface area contributed by atoms with E-state index in [1.54, 1.807) is 6.20 Å². The molecule has 5 heteroatoms. The molecule has 0 radical (unpaired) electrons. The summed E-state index contributed by atoms with van der Waals surface area (Å²) in [6.07, 6.45) is 1.60. The van der Waals surface area contributed by atoms with Gasteiger partial charge in [-0.25, -0.2) is 0 Å². The first kappa shape index (κ1) is 11.9. The largest absolute Gasteiger partial charge is 0.481 e. The van der Waals surface area contributed by atoms with Crippen LogP contribution in [-0.4, -0.2) is 41.9 Å². The minimum absolute atomic E-state index is 0.0561. The Hall–Kier alpha value is -1.62. The van der Waals surface area contributed by atoms with Gasteiger partial charge in [0.1, 0.15) is 0 Å². The molecular formula is C12H16N2O3. The molecule has 1 aromatic heterocycles. The maximum Gasteiger partial charge on any atom is 0.306 e. The van der Waals surface area contributed by atoms with Gasteiger partial charge < -0.3 is 14.7 Å². The molecule has 0 spiro atoms. The van der Waals surface area contributed by atoms with Crippen molar-refractivity contribution in [2.24, 2.45) is 0 Å². The molecule has 1 unspecified atom stereocenters. The van der Waals surface area contributed by atoms with Crippen LogP contribution in [0.5, 0.6) is 0 Å². The third-order valence-corrected chi connectivity index (χ3v) is 2.79. The van der Waals surface area contributed by atoms with Gasteiger partial charge in [-0.15, -0.1) is 0 Å². The van der Waals surface area contributed by atoms with Crippen LogP contribution in [0.25, 0.3) is 0 Å². The Morgan fingerprint density at radius 1 is 1.71 bits per heavy atom. The third kappa shape index (κ3) is 3.17. The molecule has 1 fully saturated rings. The normalized spacial score (nSPS) is 20.3. The lowest BCUT2D eigenvalue weighted by molar-refractivity contribution is -0.140. The monoisotopic (exact) mass is 236 g/mol. The number of aromatic nitrogens is 1. The Morgan fingerprint density at radius 3 is 3.24 bits per heavy atom. The van der Waals surface area contributed by atoms with Crippen molar-refractivity contribution in [1.82, 2.24) is 4.98 Å². The molecule has 2 rings (SSSR count). The zero-order valence-electron chi connectivity index (χ0n) is 9.80. The van der Waals surface area contributed by atoms with Gasteiger partial charge >= 0.3 is 5.97 Å². The molecule has 5 nitrogen and oxygen atoms in total. The first-order chi connectivity index (χ1) is 8.15. The third-order valence-electron chi connectivity index (χ3n) is 2.79. The average molecular weight is 236 g/mol. The van der Waals surface area contributed by atoms with Crippen LogP contribution in [0.2, 0.25) is 0 Å². The van der Waals surface area contributed by atoms with Crippen LogP contribution in [0.1, 0.15) is 12.1 Å². The molecule has 0 aromatic carbocycles. The van der Waals surface area contributed by atoms with Gasteiger partial charge in [0.15, 0.2) is 0 Å². The second-order valence-corrected chi connectivity index (χ2v) is 4.19. The summed E-state index contributed by atoms with van der Waals surface area (Å²) in [5.74, 6) is -0.817. The topological polar surface area (TPSA) is 62.7 Å². The molecule has 1 aliphatic rings. The van der Waals surface area contributed by atoms with Crippen molar-refractivity contribution in [3.63, 3.8) is 0 Å². The highest BCUT2D eigenvalue weighted by molar-refractivity contribution is 5.67. The van der Waals surface area contributed by atoms with E-state index in [2.05, 4.69) is 9.88 Å². The van der Waals surface area contributed by atoms with Crippen molar-refractivity contribution in [3.05, 3.63) is 24.0 Å². The first-order valence-electron chi connectivity index (χ1n) is 5.66. The molecule has 17 heavy (non-hydrogen) atoms. The second-order valence-electron chi connectivity index (χ2n) is 4.19. The number of carbonyl (C=O) groups is 1. The fourth-order valence-electron chi connectivity index (χ4n) is 2.00. The van der Waals surface area contributed by atoms with Crippen LogP contribution in [-0.2, 0) is 9.53 Å². The predicted molar refractivity (Wildman–Crippen MR) is 63.2 cm³/mol. The number of hydrogen-bond acceptors (Lipinski definition) is 4. The number of carboxylic acids is 1. The van der Waals surface area contributed by atoms with Crippen LogP contribution >= 0.6 is 0 Å². The number of pyridine rings is 1. The number of morpholine rings is 1. The Balaban J connectivity index is 2.04. The van der Waals surface area contributed by atoms with E-state index in [4.69, 9.17) is 9.84 Å². The van der Waals surface area contributed by atoms with E-state index in [-0.39, 0.29) is 12.5 Å². The van der Waals surface area contributed by atoms with Crippen molar-refractivity contribution >= 4 is 11.7 Å². The quantitative estimate of drug-likeness (QED) is 0.850. The Kier molecular flexibility index (Phi) is 3.58. The van der Waals surface area contributed by atoms with Crippen LogP contribution in [0.3, 0.4) is 0 Å². The van der Waals surface area contributed by atoms with Crippen molar-refractivity contribution < 1.29 is 14.6 Å². The van der Waals surface area contributed by atoms with E-state index in [1.807, 2.05) is 19.1 Å². The fraction of sp³-hybridized carbons (Fsp3) is 0.500. The molecule has 0 amide bonds. The van der Waals surface area contributed by atoms with Gasteiger partial charge in [-0.05, 0) is 19.1 Å². The summed E-state index contributed by atoms with van der Waals surface area (Å²) in [5, 5.41) is 8.76. The smallest absolute Gasteiger partial charge is 0.306 e. The van der Waals surface area contributed by atoms with Gasteiger partial charge in [-0.1, -0.05) is 0 Å². The minimum Gasteiger partial charge on any atom is -0.481 e. The highest BCUT2D eigenvalue weighted by atomic mass is 16.5. The Morgan fingerprint density at radius 2 is 2.53 bits per heavy atom. The first-order valence-corrected chi connectivity index (χ1v) is 5.66. The van der Waals surface area contributed by atoms with Crippen LogP contribution < -0.4 is 4.90 Å². The number of aliphatic carboxylic acids is 1. The number of hydrogen-bond donors (Lipinski definition) is 1. The SMILES string of the molecule is Cc1cc(N2CCOC(CC(=O)O)C2)ccn1. The van der Waals surface area contributed by atoms with Crippen molar-refractivity contribution in [2.45, 2.75) is 19.4 Å². The van der Waals surface area contributed by atoms with Crippen LogP contribution in [0, 0.1) is 6.92 Å². The maximum absolute atomic E-state index is 10.7. The lowest BCUT2D eigenvalue weighted by atomic mass is 10.2. The van der Waals surface area contributed by atoms with Crippen molar-refractivity contribution in [1.29, 1.82) is 0 Å². The summed E-state index contributed by atoms with van der Waals surface area (Å²) in [5.41, 5.74) is 2.04. The summed E-state index contributed by atoms with van der Waals surface area (Å²) in [6.45, 7) is 3.92. The molecule has 1 N–H and O–H groups in total. The molecule has 1 aliphatic heterocycles. The predicted octanol–water partition coefficient (Wildman–Crippen LogP) is 1.07. The number of ether oxygens (including phenoxy) is 1. The molecule has 1 saturated heterocycles.